The van der Waals surface area contributed by atoms with Crippen LogP contribution >= 0.6 is 0 Å². The van der Waals surface area contributed by atoms with Crippen molar-refractivity contribution in [2.24, 2.45) is 29.1 Å². The summed E-state index contributed by atoms with van der Waals surface area (Å²) in [7, 11) is 1.69. The molecular formula is C27H44O9. The zero-order valence-electron chi connectivity index (χ0n) is 21.9. The molecule has 0 bridgehead atoms. The number of ether oxygens (including phenoxy) is 3. The van der Waals surface area contributed by atoms with Crippen LogP contribution in [0.1, 0.15) is 47.0 Å². The fourth-order valence-electron chi connectivity index (χ4n) is 6.96. The van der Waals surface area contributed by atoms with E-state index in [0.717, 1.165) is 24.0 Å². The lowest BCUT2D eigenvalue weighted by molar-refractivity contribution is -0.315. The van der Waals surface area contributed by atoms with Crippen molar-refractivity contribution in [3.63, 3.8) is 0 Å². The van der Waals surface area contributed by atoms with Gasteiger partial charge in [0.05, 0.1) is 25.4 Å². The Bertz CT molecular complexity index is 854. The Labute approximate surface area is 213 Å². The number of hydrogen-bond donors (Lipinski definition) is 6. The van der Waals surface area contributed by atoms with Crippen LogP contribution in [-0.2, 0) is 14.2 Å². The molecule has 1 saturated carbocycles. The molecule has 2 unspecified atom stereocenters. The normalized spacial score (nSPS) is 48.9. The molecule has 4 rings (SSSR count). The van der Waals surface area contributed by atoms with E-state index in [1.807, 2.05) is 27.7 Å². The summed E-state index contributed by atoms with van der Waals surface area (Å²) in [6.45, 7) is 8.06. The van der Waals surface area contributed by atoms with Gasteiger partial charge in [0.15, 0.2) is 6.29 Å². The lowest BCUT2D eigenvalue weighted by atomic mass is 9.68. The van der Waals surface area contributed by atoms with Gasteiger partial charge < -0.3 is 44.8 Å². The van der Waals surface area contributed by atoms with E-state index in [1.54, 1.807) is 7.11 Å². The van der Waals surface area contributed by atoms with E-state index in [-0.39, 0.29) is 23.7 Å². The van der Waals surface area contributed by atoms with Crippen molar-refractivity contribution >= 4 is 0 Å². The average molecular weight is 513 g/mol. The largest absolute Gasteiger partial charge is 0.394 e. The molecule has 1 heterocycles. The molecule has 1 saturated heterocycles. The summed E-state index contributed by atoms with van der Waals surface area (Å²) < 4.78 is 17.5. The minimum atomic E-state index is -1.58. The molecule has 0 spiro atoms. The Morgan fingerprint density at radius 2 is 1.75 bits per heavy atom. The van der Waals surface area contributed by atoms with Gasteiger partial charge >= 0.3 is 0 Å². The molecule has 36 heavy (non-hydrogen) atoms. The zero-order chi connectivity index (χ0) is 26.5. The molecule has 206 valence electrons. The summed E-state index contributed by atoms with van der Waals surface area (Å²) in [5.41, 5.74) is 2.15. The number of hydrogen-bond acceptors (Lipinski definition) is 9. The van der Waals surface area contributed by atoms with Crippen LogP contribution < -0.4 is 0 Å². The van der Waals surface area contributed by atoms with Gasteiger partial charge in [0.1, 0.15) is 30.5 Å². The molecular weight excluding hydrogens is 468 g/mol. The second-order valence-corrected chi connectivity index (χ2v) is 11.7. The summed E-state index contributed by atoms with van der Waals surface area (Å²) in [4.78, 5) is 0. The van der Waals surface area contributed by atoms with Crippen molar-refractivity contribution in [3.05, 3.63) is 22.8 Å². The molecule has 0 aromatic carbocycles. The van der Waals surface area contributed by atoms with Crippen LogP contribution in [0.2, 0.25) is 0 Å². The van der Waals surface area contributed by atoms with Gasteiger partial charge in [-0.2, -0.15) is 0 Å². The van der Waals surface area contributed by atoms with E-state index in [1.165, 1.54) is 5.57 Å². The molecule has 6 N–H and O–H groups in total. The molecule has 0 amide bonds. The number of aliphatic hydroxyl groups is 6. The minimum absolute atomic E-state index is 0.0758. The van der Waals surface area contributed by atoms with Crippen LogP contribution in [0.15, 0.2) is 22.8 Å². The van der Waals surface area contributed by atoms with Gasteiger partial charge in [-0.25, -0.2) is 0 Å². The molecule has 9 nitrogen and oxygen atoms in total. The van der Waals surface area contributed by atoms with E-state index >= 15 is 0 Å². The predicted molar refractivity (Wildman–Crippen MR) is 131 cm³/mol. The van der Waals surface area contributed by atoms with Crippen molar-refractivity contribution < 1.29 is 44.8 Å². The van der Waals surface area contributed by atoms with Gasteiger partial charge in [0.25, 0.3) is 0 Å². The molecule has 3 aliphatic carbocycles. The third-order valence-corrected chi connectivity index (χ3v) is 9.19. The van der Waals surface area contributed by atoms with Crippen LogP contribution in [0, 0.1) is 29.1 Å². The van der Waals surface area contributed by atoms with Gasteiger partial charge in [-0.1, -0.05) is 38.0 Å². The SMILES string of the molecule is COC[C@H]1CCC2/C1=C\[C@]1(C)C(=C(C(C)C)C[C@@H]1O)C(O[C@@H]1O[C@H](CO)[C@@H](O)[C@H](O)[C@H]1O)[C@H](O)[C@@H]2C. The summed E-state index contributed by atoms with van der Waals surface area (Å²) in [5, 5.41) is 64.1. The lowest BCUT2D eigenvalue weighted by Gasteiger charge is -2.46. The number of rotatable bonds is 6. The smallest absolute Gasteiger partial charge is 0.187 e. The fourth-order valence-corrected chi connectivity index (χ4v) is 6.96. The second kappa shape index (κ2) is 10.7. The van der Waals surface area contributed by atoms with Crippen LogP contribution in [0.25, 0.3) is 0 Å². The van der Waals surface area contributed by atoms with E-state index in [9.17, 15) is 30.6 Å². The Hall–Kier alpha value is -0.880. The standard InChI is InChI=1S/C27H44O9/c1-12(2)16-8-19(29)27(4)9-17-14(11-34-5)6-7-15(17)13(3)21(30)25(20(16)27)36-26-24(33)23(32)22(31)18(10-28)35-26/h9,12-15,18-19,21-26,28-33H,6-8,10-11H2,1-5H3/b17-9-/t13-,14-,15?,18-,19+,21-,22-,23+,24-,25?,26+,27+/m1/s1. The highest BCUT2D eigenvalue weighted by Crippen LogP contribution is 2.55. The fraction of sp³-hybridized carbons (Fsp3) is 0.852. The van der Waals surface area contributed by atoms with Crippen LogP contribution in [0.4, 0.5) is 0 Å². The first-order valence-electron chi connectivity index (χ1n) is 13.2. The molecule has 0 aromatic heterocycles. The molecule has 1 aliphatic heterocycles. The zero-order valence-corrected chi connectivity index (χ0v) is 21.9. The highest BCUT2D eigenvalue weighted by molar-refractivity contribution is 5.43. The lowest BCUT2D eigenvalue weighted by Crippen LogP contribution is -2.60. The van der Waals surface area contributed by atoms with Crippen molar-refractivity contribution in [2.75, 3.05) is 20.3 Å². The van der Waals surface area contributed by atoms with Gasteiger partial charge in [-0.3, -0.25) is 0 Å². The molecule has 4 aliphatic rings. The first-order valence-corrected chi connectivity index (χ1v) is 13.2. The highest BCUT2D eigenvalue weighted by Gasteiger charge is 2.55. The maximum Gasteiger partial charge on any atom is 0.187 e. The van der Waals surface area contributed by atoms with Gasteiger partial charge in [-0.15, -0.1) is 0 Å². The Kier molecular flexibility index (Phi) is 8.37. The van der Waals surface area contributed by atoms with Crippen molar-refractivity contribution in [1.82, 2.24) is 0 Å². The maximum absolute atomic E-state index is 11.8. The van der Waals surface area contributed by atoms with Crippen LogP contribution in [-0.4, -0.2) is 100.0 Å². The minimum Gasteiger partial charge on any atom is -0.394 e. The van der Waals surface area contributed by atoms with Crippen molar-refractivity contribution in [3.8, 4) is 0 Å². The van der Waals surface area contributed by atoms with E-state index in [0.29, 0.717) is 13.0 Å². The average Bonchev–Trinajstić information content (AvgIpc) is 3.34. The van der Waals surface area contributed by atoms with Gasteiger partial charge in [0.2, 0.25) is 0 Å². The monoisotopic (exact) mass is 512 g/mol. The predicted octanol–water partition coefficient (Wildman–Crippen LogP) is 0.505. The number of aliphatic hydroxyl groups excluding tert-OH is 6. The Balaban J connectivity index is 1.81. The van der Waals surface area contributed by atoms with E-state index < -0.39 is 61.0 Å². The van der Waals surface area contributed by atoms with E-state index in [2.05, 4.69) is 6.08 Å². The first-order chi connectivity index (χ1) is 17.0. The topological polar surface area (TPSA) is 149 Å². The van der Waals surface area contributed by atoms with Crippen molar-refractivity contribution in [1.29, 1.82) is 0 Å². The molecule has 0 radical (unpaired) electrons. The number of methoxy groups -OCH3 is 1. The van der Waals surface area contributed by atoms with Crippen LogP contribution in [0.5, 0.6) is 0 Å². The quantitative estimate of drug-likeness (QED) is 0.280. The molecule has 2 fully saturated rings. The summed E-state index contributed by atoms with van der Waals surface area (Å²) in [6.07, 6.45) is -5.39. The van der Waals surface area contributed by atoms with Crippen LogP contribution in [0.3, 0.4) is 0 Å². The summed E-state index contributed by atoms with van der Waals surface area (Å²) in [6, 6.07) is 0. The third kappa shape index (κ3) is 4.61. The maximum atomic E-state index is 11.8. The van der Waals surface area contributed by atoms with Gasteiger partial charge in [0, 0.05) is 18.4 Å². The van der Waals surface area contributed by atoms with E-state index in [4.69, 9.17) is 14.2 Å². The first kappa shape index (κ1) is 28.1. The molecule has 0 aromatic rings. The van der Waals surface area contributed by atoms with Crippen molar-refractivity contribution in [2.45, 2.75) is 96.0 Å². The molecule has 12 atom stereocenters. The summed E-state index contributed by atoms with van der Waals surface area (Å²) in [5.74, 6) is 0.170. The Morgan fingerprint density at radius 1 is 1.06 bits per heavy atom. The highest BCUT2D eigenvalue weighted by atomic mass is 16.7. The van der Waals surface area contributed by atoms with Gasteiger partial charge in [-0.05, 0) is 49.5 Å². The number of fused-ring (bicyclic) bond motifs is 2. The second-order valence-electron chi connectivity index (χ2n) is 11.7. The summed E-state index contributed by atoms with van der Waals surface area (Å²) >= 11 is 0. The molecule has 9 heteroatoms. The third-order valence-electron chi connectivity index (χ3n) is 9.19. The Morgan fingerprint density at radius 3 is 2.36 bits per heavy atom.